The third kappa shape index (κ3) is 2.39. The van der Waals surface area contributed by atoms with Gasteiger partial charge >= 0.3 is 0 Å². The van der Waals surface area contributed by atoms with Crippen LogP contribution in [0.5, 0.6) is 5.75 Å². The van der Waals surface area contributed by atoms with Crippen LogP contribution in [0.1, 0.15) is 37.9 Å². The lowest BCUT2D eigenvalue weighted by molar-refractivity contribution is 0.0588. The molecule has 20 heavy (non-hydrogen) atoms. The molecule has 0 spiro atoms. The molecule has 3 unspecified atom stereocenters. The van der Waals surface area contributed by atoms with E-state index in [2.05, 4.69) is 0 Å². The Kier molecular flexibility index (Phi) is 3.64. The van der Waals surface area contributed by atoms with E-state index >= 15 is 0 Å². The van der Waals surface area contributed by atoms with E-state index < -0.39 is 12.2 Å². The van der Waals surface area contributed by atoms with Crippen molar-refractivity contribution in [3.05, 3.63) is 42.0 Å². The Balaban J connectivity index is 2.07. The second-order valence-electron chi connectivity index (χ2n) is 5.54. The van der Waals surface area contributed by atoms with E-state index in [0.717, 1.165) is 35.6 Å². The topological polar surface area (TPSA) is 49.7 Å². The van der Waals surface area contributed by atoms with Gasteiger partial charge in [0.2, 0.25) is 0 Å². The number of rotatable bonds is 3. The molecular weight excluding hydrogens is 252 g/mol. The molecular formula is C17H20O3. The molecule has 0 amide bonds. The molecule has 1 aliphatic rings. The maximum Gasteiger partial charge on any atom is 0.133 e. The Morgan fingerprint density at radius 2 is 1.95 bits per heavy atom. The van der Waals surface area contributed by atoms with Crippen molar-refractivity contribution in [3.63, 3.8) is 0 Å². The molecule has 2 aromatic rings. The Morgan fingerprint density at radius 1 is 1.15 bits per heavy atom. The van der Waals surface area contributed by atoms with Crippen molar-refractivity contribution in [1.29, 1.82) is 0 Å². The summed E-state index contributed by atoms with van der Waals surface area (Å²) >= 11 is 0. The first-order chi connectivity index (χ1) is 9.66. The zero-order chi connectivity index (χ0) is 14.1. The minimum absolute atomic E-state index is 0.168. The van der Waals surface area contributed by atoms with E-state index in [9.17, 15) is 10.2 Å². The van der Waals surface area contributed by atoms with Crippen LogP contribution in [-0.4, -0.2) is 22.4 Å². The molecule has 0 aromatic heterocycles. The lowest BCUT2D eigenvalue weighted by Gasteiger charge is -2.22. The Hall–Kier alpha value is -1.58. The van der Waals surface area contributed by atoms with Gasteiger partial charge in [-0.2, -0.15) is 0 Å². The van der Waals surface area contributed by atoms with Crippen LogP contribution in [0.4, 0.5) is 0 Å². The molecule has 106 valence electrons. The van der Waals surface area contributed by atoms with Crippen LogP contribution in [-0.2, 0) is 0 Å². The molecule has 2 N–H and O–H groups in total. The molecule has 3 rings (SSSR count). The van der Waals surface area contributed by atoms with E-state index in [0.29, 0.717) is 5.75 Å². The zero-order valence-electron chi connectivity index (χ0n) is 11.6. The van der Waals surface area contributed by atoms with Gasteiger partial charge in [0.05, 0.1) is 12.2 Å². The van der Waals surface area contributed by atoms with Crippen LogP contribution < -0.4 is 4.74 Å². The maximum absolute atomic E-state index is 9.96. The summed E-state index contributed by atoms with van der Waals surface area (Å²) in [6.07, 6.45) is 1.48. The molecule has 2 aromatic carbocycles. The third-order valence-electron chi connectivity index (χ3n) is 4.05. The van der Waals surface area contributed by atoms with Crippen molar-refractivity contribution in [2.24, 2.45) is 0 Å². The van der Waals surface area contributed by atoms with Gasteiger partial charge in [-0.05, 0) is 31.6 Å². The fourth-order valence-electron chi connectivity index (χ4n) is 2.92. The molecule has 1 saturated carbocycles. The summed E-state index contributed by atoms with van der Waals surface area (Å²) in [5, 5.41) is 22.0. The minimum Gasteiger partial charge on any atom is -0.487 e. The van der Waals surface area contributed by atoms with Gasteiger partial charge in [0, 0.05) is 10.9 Å². The SMILES string of the molecule is CC(O)c1ccc2ccccc2c1OC1CCCC1O. The van der Waals surface area contributed by atoms with E-state index in [1.807, 2.05) is 36.4 Å². The van der Waals surface area contributed by atoms with E-state index in [1.165, 1.54) is 0 Å². The largest absolute Gasteiger partial charge is 0.487 e. The summed E-state index contributed by atoms with van der Waals surface area (Å²) in [4.78, 5) is 0. The van der Waals surface area contributed by atoms with E-state index in [1.54, 1.807) is 6.92 Å². The maximum atomic E-state index is 9.96. The number of aliphatic hydroxyl groups is 2. The van der Waals surface area contributed by atoms with E-state index in [-0.39, 0.29) is 6.10 Å². The highest BCUT2D eigenvalue weighted by molar-refractivity contribution is 5.89. The predicted octanol–water partition coefficient (Wildman–Crippen LogP) is 3.19. The van der Waals surface area contributed by atoms with Crippen molar-refractivity contribution in [2.45, 2.75) is 44.5 Å². The number of hydrogen-bond acceptors (Lipinski definition) is 3. The van der Waals surface area contributed by atoms with Gasteiger partial charge in [0.1, 0.15) is 11.9 Å². The molecule has 3 nitrogen and oxygen atoms in total. The van der Waals surface area contributed by atoms with Crippen LogP contribution >= 0.6 is 0 Å². The first-order valence-corrected chi connectivity index (χ1v) is 7.21. The predicted molar refractivity (Wildman–Crippen MR) is 78.9 cm³/mol. The summed E-state index contributed by atoms with van der Waals surface area (Å²) in [6, 6.07) is 11.9. The number of benzene rings is 2. The third-order valence-corrected chi connectivity index (χ3v) is 4.05. The van der Waals surface area contributed by atoms with Crippen molar-refractivity contribution in [1.82, 2.24) is 0 Å². The number of aliphatic hydroxyl groups excluding tert-OH is 2. The second-order valence-corrected chi connectivity index (χ2v) is 5.54. The van der Waals surface area contributed by atoms with Gasteiger partial charge in [0.15, 0.2) is 0 Å². The Morgan fingerprint density at radius 3 is 2.65 bits per heavy atom. The minimum atomic E-state index is -0.590. The first-order valence-electron chi connectivity index (χ1n) is 7.21. The molecule has 0 radical (unpaired) electrons. The summed E-state index contributed by atoms with van der Waals surface area (Å²) in [5.41, 5.74) is 0.780. The quantitative estimate of drug-likeness (QED) is 0.902. The summed E-state index contributed by atoms with van der Waals surface area (Å²) in [7, 11) is 0. The monoisotopic (exact) mass is 272 g/mol. The Labute approximate surface area is 118 Å². The molecule has 1 fully saturated rings. The van der Waals surface area contributed by atoms with Crippen LogP contribution in [0, 0.1) is 0 Å². The lowest BCUT2D eigenvalue weighted by Crippen LogP contribution is -2.26. The van der Waals surface area contributed by atoms with Crippen molar-refractivity contribution in [3.8, 4) is 5.75 Å². The fourth-order valence-corrected chi connectivity index (χ4v) is 2.92. The molecule has 3 atom stereocenters. The van der Waals surface area contributed by atoms with Gasteiger partial charge < -0.3 is 14.9 Å². The van der Waals surface area contributed by atoms with Crippen LogP contribution in [0.25, 0.3) is 10.8 Å². The molecule has 0 heterocycles. The molecule has 0 bridgehead atoms. The van der Waals surface area contributed by atoms with Crippen molar-refractivity contribution >= 4 is 10.8 Å². The molecule has 0 saturated heterocycles. The van der Waals surface area contributed by atoms with E-state index in [4.69, 9.17) is 4.74 Å². The highest BCUT2D eigenvalue weighted by Crippen LogP contribution is 2.36. The smallest absolute Gasteiger partial charge is 0.133 e. The van der Waals surface area contributed by atoms with Crippen molar-refractivity contribution in [2.75, 3.05) is 0 Å². The normalized spacial score (nSPS) is 23.9. The highest BCUT2D eigenvalue weighted by Gasteiger charge is 2.28. The second kappa shape index (κ2) is 5.43. The van der Waals surface area contributed by atoms with Crippen LogP contribution in [0.2, 0.25) is 0 Å². The van der Waals surface area contributed by atoms with Gasteiger partial charge in [-0.15, -0.1) is 0 Å². The molecule has 3 heteroatoms. The van der Waals surface area contributed by atoms with Crippen molar-refractivity contribution < 1.29 is 14.9 Å². The first kappa shape index (κ1) is 13.4. The number of fused-ring (bicyclic) bond motifs is 1. The van der Waals surface area contributed by atoms with Gasteiger partial charge in [-0.1, -0.05) is 36.4 Å². The fraction of sp³-hybridized carbons (Fsp3) is 0.412. The summed E-state index contributed by atoms with van der Waals surface area (Å²) in [6.45, 7) is 1.74. The van der Waals surface area contributed by atoms with Gasteiger partial charge in [0.25, 0.3) is 0 Å². The number of hydrogen-bond donors (Lipinski definition) is 2. The average molecular weight is 272 g/mol. The Bertz CT molecular complexity index is 606. The van der Waals surface area contributed by atoms with Crippen LogP contribution in [0.3, 0.4) is 0 Å². The van der Waals surface area contributed by atoms with Gasteiger partial charge in [-0.25, -0.2) is 0 Å². The zero-order valence-corrected chi connectivity index (χ0v) is 11.6. The van der Waals surface area contributed by atoms with Crippen LogP contribution in [0.15, 0.2) is 36.4 Å². The summed E-state index contributed by atoms with van der Waals surface area (Å²) in [5.74, 6) is 0.712. The number of ether oxygens (including phenoxy) is 1. The molecule has 0 aliphatic heterocycles. The lowest BCUT2D eigenvalue weighted by atomic mass is 10.0. The average Bonchev–Trinajstić information content (AvgIpc) is 2.84. The van der Waals surface area contributed by atoms with Gasteiger partial charge in [-0.3, -0.25) is 0 Å². The summed E-state index contributed by atoms with van der Waals surface area (Å²) < 4.78 is 6.08. The standard InChI is InChI=1S/C17H20O3/c1-11(18)13-10-9-12-5-2-3-6-14(12)17(13)20-16-8-4-7-15(16)19/h2-3,5-6,9-11,15-16,18-19H,4,7-8H2,1H3. The molecule has 1 aliphatic carbocycles. The highest BCUT2D eigenvalue weighted by atomic mass is 16.5.